The van der Waals surface area contributed by atoms with Crippen LogP contribution in [0.15, 0.2) is 48.5 Å². The van der Waals surface area contributed by atoms with Crippen LogP contribution in [0, 0.1) is 0 Å². The maximum absolute atomic E-state index is 12.0. The number of carbonyl (C=O) groups is 1. The Labute approximate surface area is 230 Å². The Bertz CT molecular complexity index is 1020. The molecule has 4 nitrogen and oxygen atoms in total. The van der Waals surface area contributed by atoms with E-state index in [2.05, 4.69) is 69.3 Å². The average molecular weight is 528 g/mol. The van der Waals surface area contributed by atoms with Crippen LogP contribution in [0.1, 0.15) is 86.6 Å². The van der Waals surface area contributed by atoms with Crippen LogP contribution in [0.5, 0.6) is 5.75 Å². The Kier molecular flexibility index (Phi) is 15.0. The molecule has 0 saturated carbocycles. The predicted molar refractivity (Wildman–Crippen MR) is 162 cm³/mol. The smallest absolute Gasteiger partial charge is 0.410 e. The van der Waals surface area contributed by atoms with Crippen LogP contribution < -0.4 is 4.74 Å². The first-order valence-electron chi connectivity index (χ1n) is 13.9. The lowest BCUT2D eigenvalue weighted by molar-refractivity contribution is 0.0292. The van der Waals surface area contributed by atoms with Gasteiger partial charge in [-0.3, -0.25) is 0 Å². The van der Waals surface area contributed by atoms with Crippen LogP contribution in [0.25, 0.3) is 20.5 Å². The van der Waals surface area contributed by atoms with Gasteiger partial charge in [-0.05, 0) is 80.5 Å². The molecule has 0 fully saturated rings. The number of thiophene rings is 1. The van der Waals surface area contributed by atoms with E-state index in [9.17, 15) is 4.79 Å². The molecule has 0 unspecified atom stereocenters. The molecular weight excluding hydrogens is 478 g/mol. The van der Waals surface area contributed by atoms with Crippen molar-refractivity contribution in [2.75, 3.05) is 20.2 Å². The molecule has 1 amide bonds. The first kappa shape index (κ1) is 32.5. The highest BCUT2D eigenvalue weighted by molar-refractivity contribution is 7.22. The van der Waals surface area contributed by atoms with Crippen molar-refractivity contribution in [3.8, 4) is 16.2 Å². The molecule has 1 aromatic heterocycles. The fourth-order valence-electron chi connectivity index (χ4n) is 3.54. The van der Waals surface area contributed by atoms with Gasteiger partial charge in [0.2, 0.25) is 0 Å². The quantitative estimate of drug-likeness (QED) is 0.260. The third-order valence-electron chi connectivity index (χ3n) is 5.46. The van der Waals surface area contributed by atoms with Crippen molar-refractivity contribution in [3.63, 3.8) is 0 Å². The minimum Gasteiger partial charge on any atom is -0.493 e. The molecule has 37 heavy (non-hydrogen) atoms. The van der Waals surface area contributed by atoms with E-state index in [4.69, 9.17) is 9.47 Å². The molecule has 0 aliphatic heterocycles. The summed E-state index contributed by atoms with van der Waals surface area (Å²) in [6.07, 6.45) is 5.43. The molecule has 0 radical (unpaired) electrons. The van der Waals surface area contributed by atoms with E-state index in [1.807, 2.05) is 46.0 Å². The Balaban J connectivity index is 0.000000874. The Morgan fingerprint density at radius 1 is 0.946 bits per heavy atom. The largest absolute Gasteiger partial charge is 0.493 e. The van der Waals surface area contributed by atoms with E-state index in [1.54, 1.807) is 11.9 Å². The van der Waals surface area contributed by atoms with Crippen molar-refractivity contribution in [2.24, 2.45) is 0 Å². The number of amides is 1. The molecule has 0 bridgehead atoms. The molecule has 2 aromatic carbocycles. The number of fused-ring (bicyclic) bond motifs is 1. The summed E-state index contributed by atoms with van der Waals surface area (Å²) in [7, 11) is 1.76. The monoisotopic (exact) mass is 527 g/mol. The molecular formula is C32H49NO3S. The van der Waals surface area contributed by atoms with Gasteiger partial charge in [0.25, 0.3) is 0 Å². The van der Waals surface area contributed by atoms with Gasteiger partial charge in [0.15, 0.2) is 0 Å². The van der Waals surface area contributed by atoms with Crippen LogP contribution in [0.2, 0.25) is 0 Å². The number of hydrogen-bond acceptors (Lipinski definition) is 4. The van der Waals surface area contributed by atoms with Gasteiger partial charge in [-0.1, -0.05) is 72.1 Å². The predicted octanol–water partition coefficient (Wildman–Crippen LogP) is 9.99. The van der Waals surface area contributed by atoms with Gasteiger partial charge in [-0.25, -0.2) is 4.79 Å². The third kappa shape index (κ3) is 11.6. The second-order valence-corrected chi connectivity index (χ2v) is 10.9. The van der Waals surface area contributed by atoms with Crippen LogP contribution in [-0.4, -0.2) is 36.8 Å². The highest BCUT2D eigenvalue weighted by Gasteiger charge is 2.19. The van der Waals surface area contributed by atoms with Crippen LogP contribution in [0.4, 0.5) is 4.79 Å². The molecule has 0 saturated heterocycles. The van der Waals surface area contributed by atoms with Crippen LogP contribution in [0.3, 0.4) is 0 Å². The molecule has 0 atom stereocenters. The van der Waals surface area contributed by atoms with Crippen LogP contribution >= 0.6 is 11.3 Å². The average Bonchev–Trinajstić information content (AvgIpc) is 3.32. The molecule has 1 heterocycles. The van der Waals surface area contributed by atoms with Crippen molar-refractivity contribution in [2.45, 2.75) is 93.1 Å². The zero-order chi connectivity index (χ0) is 27.8. The summed E-state index contributed by atoms with van der Waals surface area (Å²) in [6.45, 7) is 17.3. The summed E-state index contributed by atoms with van der Waals surface area (Å²) in [6, 6.07) is 17.2. The van der Waals surface area contributed by atoms with Gasteiger partial charge in [0.1, 0.15) is 11.4 Å². The van der Waals surface area contributed by atoms with Gasteiger partial charge in [-0.15, -0.1) is 11.3 Å². The second-order valence-electron chi connectivity index (χ2n) is 9.78. The van der Waals surface area contributed by atoms with Crippen LogP contribution in [-0.2, 0) is 11.2 Å². The van der Waals surface area contributed by atoms with Crippen molar-refractivity contribution in [3.05, 3.63) is 54.1 Å². The first-order valence-corrected chi connectivity index (χ1v) is 14.7. The van der Waals surface area contributed by atoms with E-state index < -0.39 is 5.60 Å². The fraction of sp³-hybridized carbons (Fsp3) is 0.531. The highest BCUT2D eigenvalue weighted by Crippen LogP contribution is 2.35. The van der Waals surface area contributed by atoms with Crippen molar-refractivity contribution in [1.82, 2.24) is 4.90 Å². The summed E-state index contributed by atoms with van der Waals surface area (Å²) >= 11 is 1.82. The van der Waals surface area contributed by atoms with Crippen molar-refractivity contribution in [1.29, 1.82) is 0 Å². The summed E-state index contributed by atoms with van der Waals surface area (Å²) in [5.74, 6) is 0.919. The minimum absolute atomic E-state index is 0.301. The standard InChI is InChI=1S/C25H31NO3S.C5H12.C2H6/c1-6-18-16-20(23-17-19-10-7-8-11-22(19)30-23)12-13-21(18)28-15-9-14-26(5)24(27)29-25(2,3)4;1-3-5-4-2;1-2/h7-8,10-13,16-17H,6,9,14-15H2,1-5H3;3-5H2,1-2H3;1-2H3. The highest BCUT2D eigenvalue weighted by atomic mass is 32.1. The normalized spacial score (nSPS) is 10.6. The number of ether oxygens (including phenoxy) is 2. The molecule has 0 spiro atoms. The fourth-order valence-corrected chi connectivity index (χ4v) is 4.60. The molecule has 5 heteroatoms. The maximum Gasteiger partial charge on any atom is 0.410 e. The summed E-state index contributed by atoms with van der Waals surface area (Å²) < 4.78 is 12.7. The van der Waals surface area contributed by atoms with E-state index in [0.717, 1.165) is 18.6 Å². The number of rotatable bonds is 9. The molecule has 3 rings (SSSR count). The maximum atomic E-state index is 12.0. The SMILES string of the molecule is CC.CCCCC.CCc1cc(-c2cc3ccccc3s2)ccc1OCCCN(C)C(=O)OC(C)(C)C. The van der Waals surface area contributed by atoms with Gasteiger partial charge >= 0.3 is 6.09 Å². The van der Waals surface area contributed by atoms with Gasteiger partial charge < -0.3 is 14.4 Å². The van der Waals surface area contributed by atoms with Gasteiger partial charge in [-0.2, -0.15) is 0 Å². The Morgan fingerprint density at radius 2 is 1.62 bits per heavy atom. The molecule has 0 aliphatic rings. The number of hydrogen-bond donors (Lipinski definition) is 0. The lowest BCUT2D eigenvalue weighted by atomic mass is 10.1. The molecule has 206 valence electrons. The summed E-state index contributed by atoms with van der Waals surface area (Å²) in [5.41, 5.74) is 1.95. The zero-order valence-corrected chi connectivity index (χ0v) is 25.5. The third-order valence-corrected chi connectivity index (χ3v) is 6.62. The first-order chi connectivity index (χ1) is 17.7. The van der Waals surface area contributed by atoms with E-state index in [1.165, 1.54) is 45.4 Å². The van der Waals surface area contributed by atoms with E-state index in [0.29, 0.717) is 13.2 Å². The second kappa shape index (κ2) is 17.1. The molecule has 0 N–H and O–H groups in total. The topological polar surface area (TPSA) is 38.8 Å². The number of benzene rings is 2. The van der Waals surface area contributed by atoms with Gasteiger partial charge in [0, 0.05) is 23.2 Å². The minimum atomic E-state index is -0.478. The Hall–Kier alpha value is -2.53. The lowest BCUT2D eigenvalue weighted by Gasteiger charge is -2.24. The number of aryl methyl sites for hydroxylation is 1. The lowest BCUT2D eigenvalue weighted by Crippen LogP contribution is -2.35. The summed E-state index contributed by atoms with van der Waals surface area (Å²) in [5, 5.41) is 1.28. The van der Waals surface area contributed by atoms with Crippen molar-refractivity contribution < 1.29 is 14.3 Å². The number of nitrogens with zero attached hydrogens (tertiary/aromatic N) is 1. The molecule has 0 aliphatic carbocycles. The Morgan fingerprint density at radius 3 is 2.19 bits per heavy atom. The number of unbranched alkanes of at least 4 members (excludes halogenated alkanes) is 2. The number of carbonyl (C=O) groups excluding carboxylic acids is 1. The molecule has 3 aromatic rings. The summed E-state index contributed by atoms with van der Waals surface area (Å²) in [4.78, 5) is 14.9. The zero-order valence-electron chi connectivity index (χ0n) is 24.6. The van der Waals surface area contributed by atoms with E-state index in [-0.39, 0.29) is 6.09 Å². The van der Waals surface area contributed by atoms with E-state index >= 15 is 0 Å². The van der Waals surface area contributed by atoms with Gasteiger partial charge in [0.05, 0.1) is 6.61 Å². The van der Waals surface area contributed by atoms with Crippen molar-refractivity contribution >= 4 is 27.5 Å².